The lowest BCUT2D eigenvalue weighted by atomic mass is 9.79. The maximum Gasteiger partial charge on any atom is 0.265 e. The molecule has 0 aliphatic carbocycles. The van der Waals surface area contributed by atoms with Crippen molar-refractivity contribution in [2.24, 2.45) is 5.92 Å². The van der Waals surface area contributed by atoms with E-state index in [0.717, 1.165) is 28.4 Å². The largest absolute Gasteiger partial charge is 0.388 e. The molecule has 0 saturated carbocycles. The monoisotopic (exact) mass is 678 g/mol. The molecule has 0 radical (unpaired) electrons. The first-order chi connectivity index (χ1) is 23.7. The van der Waals surface area contributed by atoms with Crippen LogP contribution in [0.2, 0.25) is 0 Å². The summed E-state index contributed by atoms with van der Waals surface area (Å²) in [6.45, 7) is 6.48. The highest BCUT2D eigenvalue weighted by Gasteiger charge is 2.42. The van der Waals surface area contributed by atoms with Crippen LogP contribution in [0.3, 0.4) is 0 Å². The highest BCUT2D eigenvalue weighted by atomic mass is 32.1. The lowest BCUT2D eigenvalue weighted by Crippen LogP contribution is -2.53. The van der Waals surface area contributed by atoms with Gasteiger partial charge < -0.3 is 19.5 Å². The van der Waals surface area contributed by atoms with Crippen molar-refractivity contribution in [3.05, 3.63) is 116 Å². The van der Waals surface area contributed by atoms with Gasteiger partial charge in [-0.25, -0.2) is 9.97 Å². The molecule has 2 fully saturated rings. The molecule has 10 nitrogen and oxygen atoms in total. The standard InChI is InChI=1S/C38H42N6O4S/c1-3-41-18-15-30-34(41)39-25-44(36(30)46)24-38(48)16-20-42(21-17-38)35(45)29-14-19-43(23-31(29)28-12-8-5-9-13-28)37(47)33-26(2)40-32(49-33)22-27-10-6-4-7-11-27/h4-13,15,18,25,29,31,48H,3,14,16-17,19-24H2,1-2H3/t29-,31+/m1/s1. The molecule has 3 aromatic heterocycles. The Kier molecular flexibility index (Phi) is 9.21. The third-order valence-electron chi connectivity index (χ3n) is 10.2. The number of carbonyl (C=O) groups excluding carboxylic acids is 2. The first kappa shape index (κ1) is 32.9. The number of aromatic nitrogens is 4. The molecule has 11 heteroatoms. The topological polar surface area (TPSA) is 114 Å². The Labute approximate surface area is 289 Å². The Morgan fingerprint density at radius 1 is 0.959 bits per heavy atom. The quantitative estimate of drug-likeness (QED) is 0.251. The normalized spacial score (nSPS) is 19.3. The molecule has 254 valence electrons. The molecule has 5 heterocycles. The summed E-state index contributed by atoms with van der Waals surface area (Å²) in [5, 5.41) is 13.0. The van der Waals surface area contributed by atoms with E-state index in [4.69, 9.17) is 4.98 Å². The van der Waals surface area contributed by atoms with Crippen molar-refractivity contribution in [1.29, 1.82) is 0 Å². The number of aryl methyl sites for hydroxylation is 2. The highest BCUT2D eigenvalue weighted by molar-refractivity contribution is 7.13. The van der Waals surface area contributed by atoms with E-state index in [-0.39, 0.29) is 35.8 Å². The molecule has 7 rings (SSSR count). The number of thiazole rings is 1. The van der Waals surface area contributed by atoms with Crippen LogP contribution in [0.25, 0.3) is 11.0 Å². The Bertz CT molecular complexity index is 2010. The number of aliphatic hydroxyl groups is 1. The third kappa shape index (κ3) is 6.69. The molecule has 2 saturated heterocycles. The highest BCUT2D eigenvalue weighted by Crippen LogP contribution is 2.37. The predicted molar refractivity (Wildman–Crippen MR) is 190 cm³/mol. The summed E-state index contributed by atoms with van der Waals surface area (Å²) < 4.78 is 3.42. The fourth-order valence-corrected chi connectivity index (χ4v) is 8.50. The Balaban J connectivity index is 1.03. The molecule has 2 atom stereocenters. The van der Waals surface area contributed by atoms with E-state index in [0.29, 0.717) is 67.8 Å². The first-order valence-electron chi connectivity index (χ1n) is 17.1. The maximum absolute atomic E-state index is 14.2. The van der Waals surface area contributed by atoms with Gasteiger partial charge in [0.1, 0.15) is 16.9 Å². The van der Waals surface area contributed by atoms with E-state index in [1.54, 1.807) is 6.07 Å². The lowest BCUT2D eigenvalue weighted by molar-refractivity contribution is -0.142. The zero-order valence-corrected chi connectivity index (χ0v) is 28.8. The van der Waals surface area contributed by atoms with Crippen molar-refractivity contribution in [2.75, 3.05) is 26.2 Å². The number of piperidine rings is 2. The van der Waals surface area contributed by atoms with Gasteiger partial charge in [0.25, 0.3) is 11.5 Å². The molecular formula is C38H42N6O4S. The predicted octanol–water partition coefficient (Wildman–Crippen LogP) is 4.87. The second kappa shape index (κ2) is 13.7. The molecule has 5 aromatic rings. The van der Waals surface area contributed by atoms with E-state index in [1.807, 2.05) is 82.9 Å². The van der Waals surface area contributed by atoms with Crippen molar-refractivity contribution >= 4 is 34.2 Å². The molecule has 2 aliphatic rings. The van der Waals surface area contributed by atoms with E-state index < -0.39 is 5.60 Å². The van der Waals surface area contributed by atoms with E-state index in [9.17, 15) is 19.5 Å². The number of benzene rings is 2. The van der Waals surface area contributed by atoms with Gasteiger partial charge in [-0.3, -0.25) is 19.0 Å². The summed E-state index contributed by atoms with van der Waals surface area (Å²) in [6, 6.07) is 21.9. The zero-order valence-electron chi connectivity index (χ0n) is 28.0. The van der Waals surface area contributed by atoms with Crippen molar-refractivity contribution < 1.29 is 14.7 Å². The molecule has 0 spiro atoms. The number of hydrogen-bond donors (Lipinski definition) is 1. The number of hydrogen-bond acceptors (Lipinski definition) is 7. The van der Waals surface area contributed by atoms with Gasteiger partial charge in [-0.1, -0.05) is 60.7 Å². The van der Waals surface area contributed by atoms with Crippen molar-refractivity contribution in [3.63, 3.8) is 0 Å². The average Bonchev–Trinajstić information content (AvgIpc) is 3.72. The van der Waals surface area contributed by atoms with Gasteiger partial charge >= 0.3 is 0 Å². The summed E-state index contributed by atoms with van der Waals surface area (Å²) in [5.74, 6) is -0.414. The molecule has 0 unspecified atom stereocenters. The van der Waals surface area contributed by atoms with E-state index in [2.05, 4.69) is 17.1 Å². The number of amides is 2. The number of fused-ring (bicyclic) bond motifs is 1. The van der Waals surface area contributed by atoms with Gasteiger partial charge in [-0.05, 0) is 50.3 Å². The first-order valence-corrected chi connectivity index (χ1v) is 17.9. The van der Waals surface area contributed by atoms with Crippen molar-refractivity contribution in [3.8, 4) is 0 Å². The van der Waals surface area contributed by atoms with Gasteiger partial charge in [0.05, 0.1) is 28.2 Å². The van der Waals surface area contributed by atoms with Crippen LogP contribution in [0.4, 0.5) is 0 Å². The van der Waals surface area contributed by atoms with Crippen LogP contribution in [0, 0.1) is 12.8 Å². The molecule has 1 N–H and O–H groups in total. The van der Waals surface area contributed by atoms with Gasteiger partial charge in [0, 0.05) is 57.2 Å². The summed E-state index contributed by atoms with van der Waals surface area (Å²) in [5.41, 5.74) is 2.29. The maximum atomic E-state index is 14.2. The number of rotatable bonds is 8. The van der Waals surface area contributed by atoms with E-state index in [1.165, 1.54) is 22.2 Å². The van der Waals surface area contributed by atoms with Crippen molar-refractivity contribution in [2.45, 2.75) is 64.1 Å². The molecule has 2 amide bonds. The van der Waals surface area contributed by atoms with Crippen LogP contribution in [0.5, 0.6) is 0 Å². The summed E-state index contributed by atoms with van der Waals surface area (Å²) in [6.07, 6.45) is 5.34. The average molecular weight is 679 g/mol. The number of carbonyl (C=O) groups is 2. The van der Waals surface area contributed by atoms with Crippen LogP contribution < -0.4 is 5.56 Å². The SMILES string of the molecule is CCn1ccc2c(=O)n(CC3(O)CCN(C(=O)[C@@H]4CCN(C(=O)c5sc(Cc6ccccc6)nc5C)C[C@H]4c4ccccc4)CC3)cnc21. The third-order valence-corrected chi connectivity index (χ3v) is 11.4. The van der Waals surface area contributed by atoms with E-state index >= 15 is 0 Å². The van der Waals surface area contributed by atoms with Crippen LogP contribution >= 0.6 is 11.3 Å². The van der Waals surface area contributed by atoms with Gasteiger partial charge in [-0.2, -0.15) is 0 Å². The minimum atomic E-state index is -1.12. The van der Waals surface area contributed by atoms with Crippen LogP contribution in [-0.2, 0) is 24.3 Å². The Morgan fingerprint density at radius 3 is 2.39 bits per heavy atom. The zero-order chi connectivity index (χ0) is 34.1. The Morgan fingerprint density at radius 2 is 1.67 bits per heavy atom. The number of likely N-dealkylation sites (tertiary alicyclic amines) is 2. The summed E-state index contributed by atoms with van der Waals surface area (Å²) >= 11 is 1.46. The Hall–Kier alpha value is -4.61. The lowest BCUT2D eigenvalue weighted by Gasteiger charge is -2.43. The van der Waals surface area contributed by atoms with Gasteiger partial charge in [-0.15, -0.1) is 11.3 Å². The number of nitrogens with zero attached hydrogens (tertiary/aromatic N) is 6. The molecule has 0 bridgehead atoms. The fourth-order valence-electron chi connectivity index (χ4n) is 7.44. The minimum absolute atomic E-state index is 0.0293. The molecule has 2 aliphatic heterocycles. The summed E-state index contributed by atoms with van der Waals surface area (Å²) in [4.78, 5) is 54.9. The molecule has 49 heavy (non-hydrogen) atoms. The van der Waals surface area contributed by atoms with Crippen molar-refractivity contribution in [1.82, 2.24) is 28.9 Å². The smallest absolute Gasteiger partial charge is 0.265 e. The molecule has 2 aromatic carbocycles. The van der Waals surface area contributed by atoms with Gasteiger partial charge in [0.15, 0.2) is 0 Å². The van der Waals surface area contributed by atoms with Gasteiger partial charge in [0.2, 0.25) is 5.91 Å². The van der Waals surface area contributed by atoms with Crippen LogP contribution in [-0.4, -0.2) is 77.6 Å². The second-order valence-electron chi connectivity index (χ2n) is 13.4. The van der Waals surface area contributed by atoms with Crippen LogP contribution in [0.1, 0.15) is 63.6 Å². The fraction of sp³-hybridized carbons (Fsp3) is 0.395. The van der Waals surface area contributed by atoms with Crippen LogP contribution in [0.15, 0.2) is 84.0 Å². The second-order valence-corrected chi connectivity index (χ2v) is 14.5. The minimum Gasteiger partial charge on any atom is -0.388 e. The summed E-state index contributed by atoms with van der Waals surface area (Å²) in [7, 11) is 0. The molecular weight excluding hydrogens is 637 g/mol.